The van der Waals surface area contributed by atoms with Gasteiger partial charge in [-0.2, -0.15) is 0 Å². The molecule has 3 aromatic rings. The molecule has 1 aliphatic heterocycles. The molecule has 0 aliphatic carbocycles. The molecule has 2 aromatic carbocycles. The number of halogens is 1. The van der Waals surface area contributed by atoms with Crippen LogP contribution in [0.5, 0.6) is 0 Å². The molecule has 1 N–H and O–H groups in total. The molecule has 1 fully saturated rings. The smallest absolute Gasteiger partial charge is 0.270 e. The predicted octanol–water partition coefficient (Wildman–Crippen LogP) is 6.02. The van der Waals surface area contributed by atoms with Gasteiger partial charge in [-0.3, -0.25) is 14.9 Å². The number of amides is 1. The molecular weight excluding hydrogens is 438 g/mol. The van der Waals surface area contributed by atoms with Crippen LogP contribution in [0.4, 0.5) is 11.4 Å². The fraction of sp³-hybridized carbons (Fsp3) is 0.0909. The number of nitrogens with one attached hydrogen (secondary N) is 1. The Morgan fingerprint density at radius 3 is 2.77 bits per heavy atom. The van der Waals surface area contributed by atoms with Gasteiger partial charge in [0, 0.05) is 28.8 Å². The molecule has 0 unspecified atom stereocenters. The van der Waals surface area contributed by atoms with E-state index in [9.17, 15) is 14.9 Å². The molecule has 156 valence electrons. The maximum absolute atomic E-state index is 12.4. The Labute approximate surface area is 187 Å². The molecule has 31 heavy (non-hydrogen) atoms. The van der Waals surface area contributed by atoms with Crippen LogP contribution in [0.2, 0.25) is 5.02 Å². The van der Waals surface area contributed by atoms with Gasteiger partial charge in [0.05, 0.1) is 15.5 Å². The van der Waals surface area contributed by atoms with Gasteiger partial charge >= 0.3 is 0 Å². The number of nitro benzene ring substituents is 1. The molecule has 4 rings (SSSR count). The van der Waals surface area contributed by atoms with E-state index >= 15 is 0 Å². The maximum Gasteiger partial charge on any atom is 0.270 e. The van der Waals surface area contributed by atoms with E-state index in [1.807, 2.05) is 19.9 Å². The first kappa shape index (κ1) is 20.9. The zero-order valence-corrected chi connectivity index (χ0v) is 18.1. The summed E-state index contributed by atoms with van der Waals surface area (Å²) in [6.45, 7) is 3.71. The first-order valence-electron chi connectivity index (χ1n) is 9.22. The normalized spacial score (nSPS) is 16.2. The molecule has 0 atom stereocenters. The number of nitro groups is 1. The van der Waals surface area contributed by atoms with Gasteiger partial charge in [0.1, 0.15) is 11.5 Å². The van der Waals surface area contributed by atoms with Gasteiger partial charge in [-0.05, 0) is 61.0 Å². The van der Waals surface area contributed by atoms with Crippen molar-refractivity contribution in [3.63, 3.8) is 0 Å². The molecule has 1 saturated heterocycles. The lowest BCUT2D eigenvalue weighted by atomic mass is 10.1. The van der Waals surface area contributed by atoms with Crippen molar-refractivity contribution in [2.45, 2.75) is 13.8 Å². The number of aliphatic imine (C=N–C) groups is 1. The molecule has 1 amide bonds. The van der Waals surface area contributed by atoms with Crippen molar-refractivity contribution >= 4 is 51.9 Å². The van der Waals surface area contributed by atoms with E-state index in [0.29, 0.717) is 37.9 Å². The quantitative estimate of drug-likeness (QED) is 0.296. The zero-order valence-electron chi connectivity index (χ0n) is 16.5. The van der Waals surface area contributed by atoms with Crippen LogP contribution in [0.3, 0.4) is 0 Å². The van der Waals surface area contributed by atoms with E-state index < -0.39 is 4.92 Å². The van der Waals surface area contributed by atoms with Crippen LogP contribution < -0.4 is 5.32 Å². The molecule has 7 nitrogen and oxygen atoms in total. The van der Waals surface area contributed by atoms with Crippen molar-refractivity contribution in [1.29, 1.82) is 0 Å². The fourth-order valence-electron chi connectivity index (χ4n) is 3.00. The molecule has 0 bridgehead atoms. The number of furan rings is 1. The molecule has 1 aliphatic rings. The summed E-state index contributed by atoms with van der Waals surface area (Å²) < 4.78 is 5.83. The van der Waals surface area contributed by atoms with Crippen LogP contribution in [-0.2, 0) is 4.79 Å². The highest BCUT2D eigenvalue weighted by molar-refractivity contribution is 8.18. The summed E-state index contributed by atoms with van der Waals surface area (Å²) in [5, 5.41) is 14.9. The SMILES string of the molecule is Cc1ccc([N+](=O)[O-])cc1-c1ccc(/C=C2/SC(=Nc3cccc(Cl)c3C)NC2=O)o1. The van der Waals surface area contributed by atoms with E-state index in [1.165, 1.54) is 23.9 Å². The highest BCUT2D eigenvalue weighted by atomic mass is 35.5. The Hall–Kier alpha value is -3.36. The Balaban J connectivity index is 1.59. The number of thioether (sulfide) groups is 1. The van der Waals surface area contributed by atoms with Crippen molar-refractivity contribution in [2.24, 2.45) is 4.99 Å². The van der Waals surface area contributed by atoms with Crippen LogP contribution in [0.25, 0.3) is 17.4 Å². The molecular formula is C22H16ClN3O4S. The minimum atomic E-state index is -0.448. The highest BCUT2D eigenvalue weighted by Crippen LogP contribution is 2.33. The van der Waals surface area contributed by atoms with Gasteiger partial charge in [0.15, 0.2) is 5.17 Å². The second kappa shape index (κ2) is 8.41. The minimum Gasteiger partial charge on any atom is -0.457 e. The second-order valence-electron chi connectivity index (χ2n) is 6.82. The minimum absolute atomic E-state index is 0.0141. The molecule has 2 heterocycles. The van der Waals surface area contributed by atoms with Crippen molar-refractivity contribution in [2.75, 3.05) is 0 Å². The van der Waals surface area contributed by atoms with Crippen LogP contribution in [-0.4, -0.2) is 16.0 Å². The second-order valence-corrected chi connectivity index (χ2v) is 8.26. The Morgan fingerprint density at radius 1 is 1.19 bits per heavy atom. The topological polar surface area (TPSA) is 97.7 Å². The van der Waals surface area contributed by atoms with Gasteiger partial charge < -0.3 is 9.73 Å². The number of non-ortho nitro benzene ring substituents is 1. The summed E-state index contributed by atoms with van der Waals surface area (Å²) in [5.41, 5.74) is 2.96. The van der Waals surface area contributed by atoms with Gasteiger partial charge in [-0.25, -0.2) is 4.99 Å². The number of aryl methyl sites for hydroxylation is 1. The van der Waals surface area contributed by atoms with Crippen molar-refractivity contribution in [1.82, 2.24) is 5.32 Å². The predicted molar refractivity (Wildman–Crippen MR) is 123 cm³/mol. The van der Waals surface area contributed by atoms with Crippen LogP contribution in [0, 0.1) is 24.0 Å². The molecule has 0 radical (unpaired) electrons. The van der Waals surface area contributed by atoms with Crippen LogP contribution >= 0.6 is 23.4 Å². The summed E-state index contributed by atoms with van der Waals surface area (Å²) in [7, 11) is 0. The van der Waals surface area contributed by atoms with Gasteiger partial charge in [0.2, 0.25) is 0 Å². The number of benzene rings is 2. The largest absolute Gasteiger partial charge is 0.457 e. The highest BCUT2D eigenvalue weighted by Gasteiger charge is 2.25. The van der Waals surface area contributed by atoms with Crippen LogP contribution in [0.15, 0.2) is 62.8 Å². The average Bonchev–Trinajstić information content (AvgIpc) is 3.32. The summed E-state index contributed by atoms with van der Waals surface area (Å²) in [6.07, 6.45) is 1.61. The van der Waals surface area contributed by atoms with Crippen molar-refractivity contribution in [3.8, 4) is 11.3 Å². The maximum atomic E-state index is 12.4. The number of carbonyl (C=O) groups is 1. The van der Waals surface area contributed by atoms with Crippen molar-refractivity contribution < 1.29 is 14.1 Å². The lowest BCUT2D eigenvalue weighted by molar-refractivity contribution is -0.384. The standard InChI is InChI=1S/C22H16ClN3O4S/c1-12-6-7-14(26(28)29)10-16(12)19-9-8-15(30-19)11-20-21(27)25-22(31-20)24-18-5-3-4-17(23)13(18)2/h3-11H,1-2H3,(H,24,25,27)/b20-11+. The van der Waals surface area contributed by atoms with Gasteiger partial charge in [-0.1, -0.05) is 23.7 Å². The third kappa shape index (κ3) is 4.40. The first-order valence-corrected chi connectivity index (χ1v) is 10.4. The lowest BCUT2D eigenvalue weighted by Crippen LogP contribution is -2.19. The summed E-state index contributed by atoms with van der Waals surface area (Å²) in [5.74, 6) is 0.659. The van der Waals surface area contributed by atoms with Crippen molar-refractivity contribution in [3.05, 3.63) is 85.5 Å². The number of hydrogen-bond donors (Lipinski definition) is 1. The molecule has 9 heteroatoms. The third-order valence-electron chi connectivity index (χ3n) is 4.71. The molecule has 0 spiro atoms. The van der Waals surface area contributed by atoms with E-state index in [0.717, 1.165) is 11.1 Å². The number of rotatable bonds is 4. The number of nitrogens with zero attached hydrogens (tertiary/aromatic N) is 2. The van der Waals surface area contributed by atoms with E-state index in [2.05, 4.69) is 10.3 Å². The van der Waals surface area contributed by atoms with Gasteiger partial charge in [-0.15, -0.1) is 0 Å². The number of hydrogen-bond acceptors (Lipinski definition) is 6. The van der Waals surface area contributed by atoms with Crippen LogP contribution in [0.1, 0.15) is 16.9 Å². The lowest BCUT2D eigenvalue weighted by Gasteiger charge is -2.02. The van der Waals surface area contributed by atoms with Gasteiger partial charge in [0.25, 0.3) is 11.6 Å². The molecule has 1 aromatic heterocycles. The number of amidine groups is 1. The Morgan fingerprint density at radius 2 is 2.00 bits per heavy atom. The number of carbonyl (C=O) groups excluding carboxylic acids is 1. The Kier molecular flexibility index (Phi) is 5.67. The third-order valence-corrected chi connectivity index (χ3v) is 6.03. The van der Waals surface area contributed by atoms with E-state index in [1.54, 1.807) is 36.4 Å². The summed E-state index contributed by atoms with van der Waals surface area (Å²) >= 11 is 7.33. The first-order chi connectivity index (χ1) is 14.8. The Bertz CT molecular complexity index is 1280. The summed E-state index contributed by atoms with van der Waals surface area (Å²) in [6, 6.07) is 13.4. The van der Waals surface area contributed by atoms with E-state index in [4.69, 9.17) is 16.0 Å². The molecule has 0 saturated carbocycles. The summed E-state index contributed by atoms with van der Waals surface area (Å²) in [4.78, 5) is 27.9. The monoisotopic (exact) mass is 453 g/mol. The fourth-order valence-corrected chi connectivity index (χ4v) is 3.98. The average molecular weight is 454 g/mol. The van der Waals surface area contributed by atoms with E-state index in [-0.39, 0.29) is 11.6 Å². The zero-order chi connectivity index (χ0) is 22.1.